The molecule has 2 fully saturated rings. The van der Waals surface area contributed by atoms with Crippen LogP contribution < -0.4 is 10.2 Å². The SMILES string of the molecule is OC1CN(c2ccc(Cl)cc2CNC2CC2)CC1O. The summed E-state index contributed by atoms with van der Waals surface area (Å²) in [6, 6.07) is 6.43. The second kappa shape index (κ2) is 5.29. The highest BCUT2D eigenvalue weighted by molar-refractivity contribution is 6.30. The van der Waals surface area contributed by atoms with Crippen molar-refractivity contribution in [2.24, 2.45) is 0 Å². The van der Waals surface area contributed by atoms with Crippen molar-refractivity contribution in [2.75, 3.05) is 18.0 Å². The zero-order valence-electron chi connectivity index (χ0n) is 10.7. The van der Waals surface area contributed by atoms with Crippen molar-refractivity contribution < 1.29 is 10.2 Å². The van der Waals surface area contributed by atoms with E-state index in [2.05, 4.69) is 5.32 Å². The Hall–Kier alpha value is -0.810. The van der Waals surface area contributed by atoms with Crippen LogP contribution in [0.15, 0.2) is 18.2 Å². The van der Waals surface area contributed by atoms with Crippen LogP contribution in [0.1, 0.15) is 18.4 Å². The van der Waals surface area contributed by atoms with E-state index in [1.165, 1.54) is 12.8 Å². The van der Waals surface area contributed by atoms with Crippen LogP contribution in [-0.4, -0.2) is 41.6 Å². The number of benzene rings is 1. The molecule has 0 bridgehead atoms. The first-order chi connectivity index (χ1) is 9.13. The molecule has 3 rings (SSSR count). The summed E-state index contributed by atoms with van der Waals surface area (Å²) in [4.78, 5) is 2.02. The maximum atomic E-state index is 9.67. The van der Waals surface area contributed by atoms with Crippen molar-refractivity contribution >= 4 is 17.3 Å². The van der Waals surface area contributed by atoms with Gasteiger partial charge in [-0.3, -0.25) is 0 Å². The van der Waals surface area contributed by atoms with E-state index in [1.54, 1.807) is 0 Å². The van der Waals surface area contributed by atoms with Crippen LogP contribution in [0.4, 0.5) is 5.69 Å². The van der Waals surface area contributed by atoms with Crippen LogP contribution in [0.5, 0.6) is 0 Å². The van der Waals surface area contributed by atoms with Crippen LogP contribution in [0, 0.1) is 0 Å². The van der Waals surface area contributed by atoms with Gasteiger partial charge in [0.05, 0.1) is 12.2 Å². The second-order valence-corrected chi connectivity index (χ2v) is 5.90. The van der Waals surface area contributed by atoms with E-state index in [0.29, 0.717) is 19.1 Å². The highest BCUT2D eigenvalue weighted by Gasteiger charge is 2.31. The van der Waals surface area contributed by atoms with Gasteiger partial charge in [-0.2, -0.15) is 0 Å². The Bertz CT molecular complexity index is 455. The molecule has 1 aromatic carbocycles. The summed E-state index contributed by atoms with van der Waals surface area (Å²) in [5.74, 6) is 0. The van der Waals surface area contributed by atoms with Crippen LogP contribution in [0.25, 0.3) is 0 Å². The maximum Gasteiger partial charge on any atom is 0.0990 e. The summed E-state index contributed by atoms with van der Waals surface area (Å²) in [5.41, 5.74) is 2.17. The fourth-order valence-electron chi connectivity index (χ4n) is 2.51. The number of rotatable bonds is 4. The monoisotopic (exact) mass is 282 g/mol. The van der Waals surface area contributed by atoms with E-state index < -0.39 is 12.2 Å². The van der Waals surface area contributed by atoms with E-state index in [-0.39, 0.29) is 0 Å². The minimum absolute atomic E-state index is 0.471. The van der Waals surface area contributed by atoms with Gasteiger partial charge in [0.2, 0.25) is 0 Å². The first kappa shape index (κ1) is 13.2. The predicted molar refractivity (Wildman–Crippen MR) is 75.5 cm³/mol. The molecule has 2 unspecified atom stereocenters. The number of nitrogens with one attached hydrogen (secondary N) is 1. The molecule has 19 heavy (non-hydrogen) atoms. The minimum atomic E-state index is -0.667. The normalized spacial score (nSPS) is 27.0. The van der Waals surface area contributed by atoms with Crippen LogP contribution in [0.3, 0.4) is 0 Å². The molecule has 4 nitrogen and oxygen atoms in total. The highest BCUT2D eigenvalue weighted by Crippen LogP contribution is 2.29. The number of anilines is 1. The summed E-state index contributed by atoms with van der Waals surface area (Å²) < 4.78 is 0. The standard InChI is InChI=1S/C14H19ClN2O2/c15-10-1-4-12(17-7-13(18)14(19)8-17)9(5-10)6-16-11-2-3-11/h1,4-5,11,13-14,16,18-19H,2-3,6-8H2. The third kappa shape index (κ3) is 3.03. The van der Waals surface area contributed by atoms with Gasteiger partial charge in [-0.1, -0.05) is 11.6 Å². The van der Waals surface area contributed by atoms with Crippen molar-refractivity contribution in [3.8, 4) is 0 Å². The number of aliphatic hydroxyl groups is 2. The molecule has 1 aliphatic carbocycles. The average Bonchev–Trinajstić information content (AvgIpc) is 3.14. The van der Waals surface area contributed by atoms with E-state index in [9.17, 15) is 10.2 Å². The van der Waals surface area contributed by atoms with Gasteiger partial charge < -0.3 is 20.4 Å². The maximum absolute atomic E-state index is 9.67. The smallest absolute Gasteiger partial charge is 0.0990 e. The highest BCUT2D eigenvalue weighted by atomic mass is 35.5. The van der Waals surface area contributed by atoms with Crippen LogP contribution in [0.2, 0.25) is 5.02 Å². The Morgan fingerprint density at radius 1 is 1.21 bits per heavy atom. The average molecular weight is 283 g/mol. The quantitative estimate of drug-likeness (QED) is 0.775. The molecule has 104 valence electrons. The number of aliphatic hydroxyl groups excluding tert-OH is 2. The Balaban J connectivity index is 1.78. The number of hydrogen-bond acceptors (Lipinski definition) is 4. The van der Waals surface area contributed by atoms with Gasteiger partial charge in [-0.25, -0.2) is 0 Å². The first-order valence-corrected chi connectivity index (χ1v) is 7.14. The summed E-state index contributed by atoms with van der Waals surface area (Å²) in [7, 11) is 0. The molecule has 2 aliphatic rings. The number of β-amino-alcohol motifs (C(OH)–C–C–N with tert-alkyl or cyclic N) is 2. The van der Waals surface area contributed by atoms with Crippen molar-refractivity contribution in [2.45, 2.75) is 37.6 Å². The molecule has 0 amide bonds. The van der Waals surface area contributed by atoms with Gasteiger partial charge in [0.15, 0.2) is 0 Å². The van der Waals surface area contributed by atoms with E-state index in [0.717, 1.165) is 22.8 Å². The van der Waals surface area contributed by atoms with Crippen molar-refractivity contribution in [1.29, 1.82) is 0 Å². The molecule has 1 saturated heterocycles. The van der Waals surface area contributed by atoms with E-state index in [1.807, 2.05) is 23.1 Å². The van der Waals surface area contributed by atoms with Crippen molar-refractivity contribution in [1.82, 2.24) is 5.32 Å². The topological polar surface area (TPSA) is 55.7 Å². The molecule has 0 radical (unpaired) electrons. The van der Waals surface area contributed by atoms with Crippen LogP contribution >= 0.6 is 11.6 Å². The Kier molecular flexibility index (Phi) is 3.67. The molecular weight excluding hydrogens is 264 g/mol. The third-order valence-corrected chi connectivity index (χ3v) is 4.03. The summed E-state index contributed by atoms with van der Waals surface area (Å²) >= 11 is 6.07. The molecule has 3 N–H and O–H groups in total. The molecular formula is C14H19ClN2O2. The van der Waals surface area contributed by atoms with Gasteiger partial charge >= 0.3 is 0 Å². The van der Waals surface area contributed by atoms with Crippen molar-refractivity contribution in [3.05, 3.63) is 28.8 Å². The molecule has 5 heteroatoms. The van der Waals surface area contributed by atoms with Gasteiger partial charge in [0, 0.05) is 36.4 Å². The second-order valence-electron chi connectivity index (χ2n) is 5.47. The fourth-order valence-corrected chi connectivity index (χ4v) is 2.71. The minimum Gasteiger partial charge on any atom is -0.389 e. The zero-order valence-corrected chi connectivity index (χ0v) is 11.5. The van der Waals surface area contributed by atoms with Gasteiger partial charge in [0.25, 0.3) is 0 Å². The largest absolute Gasteiger partial charge is 0.389 e. The summed E-state index contributed by atoms with van der Waals surface area (Å²) in [6.45, 7) is 1.72. The Labute approximate surface area is 118 Å². The molecule has 0 aromatic heterocycles. The lowest BCUT2D eigenvalue weighted by molar-refractivity contribution is 0.0572. The fraction of sp³-hybridized carbons (Fsp3) is 0.571. The molecule has 1 aromatic rings. The Morgan fingerprint density at radius 3 is 2.53 bits per heavy atom. The predicted octanol–water partition coefficient (Wildman–Crippen LogP) is 1.13. The first-order valence-electron chi connectivity index (χ1n) is 6.76. The number of halogens is 1. The molecule has 2 atom stereocenters. The summed E-state index contributed by atoms with van der Waals surface area (Å²) in [5, 5.41) is 23.5. The zero-order chi connectivity index (χ0) is 13.4. The molecule has 1 aliphatic heterocycles. The number of nitrogens with zero attached hydrogens (tertiary/aromatic N) is 1. The third-order valence-electron chi connectivity index (χ3n) is 3.80. The summed E-state index contributed by atoms with van der Waals surface area (Å²) in [6.07, 6.45) is 1.16. The van der Waals surface area contributed by atoms with Crippen LogP contribution in [-0.2, 0) is 6.54 Å². The number of hydrogen-bond donors (Lipinski definition) is 3. The van der Waals surface area contributed by atoms with Gasteiger partial charge in [-0.05, 0) is 36.6 Å². The molecule has 1 heterocycles. The molecule has 1 saturated carbocycles. The molecule has 0 spiro atoms. The lowest BCUT2D eigenvalue weighted by Gasteiger charge is -2.22. The van der Waals surface area contributed by atoms with E-state index in [4.69, 9.17) is 11.6 Å². The Morgan fingerprint density at radius 2 is 1.89 bits per heavy atom. The lowest BCUT2D eigenvalue weighted by atomic mass is 10.1. The van der Waals surface area contributed by atoms with Crippen molar-refractivity contribution in [3.63, 3.8) is 0 Å². The lowest BCUT2D eigenvalue weighted by Crippen LogP contribution is -2.24. The van der Waals surface area contributed by atoms with Gasteiger partial charge in [-0.15, -0.1) is 0 Å². The van der Waals surface area contributed by atoms with Gasteiger partial charge in [0.1, 0.15) is 0 Å². The van der Waals surface area contributed by atoms with E-state index >= 15 is 0 Å².